The maximum atomic E-state index is 13.0. The molecule has 182 valence electrons. The molecule has 0 aromatic carbocycles. The van der Waals surface area contributed by atoms with E-state index in [1.54, 1.807) is 11.5 Å². The quantitative estimate of drug-likeness (QED) is 0.160. The molecular formula is C20H23N5O7S2. The van der Waals surface area contributed by atoms with E-state index < -0.39 is 42.0 Å². The molecule has 14 heteroatoms. The number of thioether (sulfide) groups is 1. The number of β-lactam (4-membered cyclic amide) rings is 1. The molecule has 3 heterocycles. The third kappa shape index (κ3) is 5.39. The van der Waals surface area contributed by atoms with Gasteiger partial charge < -0.3 is 25.4 Å². The second-order valence-corrected chi connectivity index (χ2v) is 8.92. The fraction of sp³-hybridized carbons (Fsp3) is 0.400. The van der Waals surface area contributed by atoms with Gasteiger partial charge in [-0.3, -0.25) is 19.3 Å². The smallest absolute Gasteiger partial charge is 0.358 e. The van der Waals surface area contributed by atoms with Crippen LogP contribution in [0.15, 0.2) is 34.0 Å². The van der Waals surface area contributed by atoms with E-state index >= 15 is 0 Å². The largest absolute Gasteiger partial charge is 0.428 e. The van der Waals surface area contributed by atoms with Gasteiger partial charge in [-0.15, -0.1) is 23.1 Å². The number of allylic oxidation sites excluding steroid dienone is 2. The molecule has 2 amide bonds. The van der Waals surface area contributed by atoms with E-state index in [0.29, 0.717) is 11.3 Å². The highest BCUT2D eigenvalue weighted by Gasteiger charge is 2.54. The van der Waals surface area contributed by atoms with Crippen molar-refractivity contribution in [2.45, 2.75) is 31.7 Å². The Labute approximate surface area is 203 Å². The van der Waals surface area contributed by atoms with Gasteiger partial charge in [-0.05, 0) is 12.0 Å². The lowest BCUT2D eigenvalue weighted by Crippen LogP contribution is -2.71. The predicted molar refractivity (Wildman–Crippen MR) is 124 cm³/mol. The van der Waals surface area contributed by atoms with Crippen LogP contribution in [0.5, 0.6) is 0 Å². The van der Waals surface area contributed by atoms with Crippen molar-refractivity contribution in [3.05, 3.63) is 34.5 Å². The summed E-state index contributed by atoms with van der Waals surface area (Å²) in [5.41, 5.74) is 6.36. The molecule has 12 nitrogen and oxygen atoms in total. The van der Waals surface area contributed by atoms with Crippen LogP contribution in [0.25, 0.3) is 0 Å². The van der Waals surface area contributed by atoms with E-state index in [-0.39, 0.29) is 22.2 Å². The average molecular weight is 510 g/mol. The van der Waals surface area contributed by atoms with Crippen molar-refractivity contribution < 1.29 is 33.5 Å². The first-order valence-corrected chi connectivity index (χ1v) is 12.0. The zero-order valence-electron chi connectivity index (χ0n) is 18.6. The number of ether oxygens (including phenoxy) is 2. The number of carbonyl (C=O) groups is 4. The number of nitrogens with zero attached hydrogens (tertiary/aromatic N) is 3. The summed E-state index contributed by atoms with van der Waals surface area (Å²) in [5, 5.41) is 7.59. The first-order chi connectivity index (χ1) is 16.3. The molecule has 1 unspecified atom stereocenters. The molecule has 0 saturated carbocycles. The van der Waals surface area contributed by atoms with E-state index in [4.69, 9.17) is 15.3 Å². The minimum Gasteiger partial charge on any atom is -0.428 e. The molecule has 1 fully saturated rings. The SMILES string of the molecule is CC/C=C\C1=C(C(=O)OCOC(C)=O)N2C(=O)C(NC(=O)/C(=N\OC)c3csc(N)n3)[C@@H]2SC1. The Morgan fingerprint density at radius 3 is 2.76 bits per heavy atom. The second kappa shape index (κ2) is 11.2. The number of nitrogens with two attached hydrogens (primary N) is 1. The summed E-state index contributed by atoms with van der Waals surface area (Å²) in [5.74, 6) is -2.19. The molecule has 2 aliphatic heterocycles. The van der Waals surface area contributed by atoms with Gasteiger partial charge in [0.1, 0.15) is 29.9 Å². The van der Waals surface area contributed by atoms with Gasteiger partial charge in [0.2, 0.25) is 6.79 Å². The number of rotatable bonds is 9. The number of hydrogen-bond donors (Lipinski definition) is 2. The molecule has 3 rings (SSSR count). The third-order valence-electron chi connectivity index (χ3n) is 4.65. The fourth-order valence-corrected chi connectivity index (χ4v) is 5.02. The number of hydrogen-bond acceptors (Lipinski definition) is 12. The topological polar surface area (TPSA) is 163 Å². The minimum absolute atomic E-state index is 0.0501. The first-order valence-electron chi connectivity index (χ1n) is 10.1. The van der Waals surface area contributed by atoms with Gasteiger partial charge in [0.25, 0.3) is 11.8 Å². The van der Waals surface area contributed by atoms with Crippen LogP contribution in [-0.4, -0.2) is 70.4 Å². The zero-order chi connectivity index (χ0) is 24.8. The van der Waals surface area contributed by atoms with Gasteiger partial charge in [0.15, 0.2) is 10.8 Å². The Kier molecular flexibility index (Phi) is 8.28. The summed E-state index contributed by atoms with van der Waals surface area (Å²) in [4.78, 5) is 59.6. The summed E-state index contributed by atoms with van der Waals surface area (Å²) in [7, 11) is 1.28. The van der Waals surface area contributed by atoms with Crippen LogP contribution in [0.4, 0.5) is 5.13 Å². The lowest BCUT2D eigenvalue weighted by atomic mass is 10.0. The van der Waals surface area contributed by atoms with E-state index in [2.05, 4.69) is 20.2 Å². The number of oxime groups is 1. The van der Waals surface area contributed by atoms with E-state index in [1.165, 1.54) is 30.7 Å². The normalized spacial score (nSPS) is 20.0. The van der Waals surface area contributed by atoms with Crippen molar-refractivity contribution in [2.24, 2.45) is 5.16 Å². The van der Waals surface area contributed by atoms with Crippen LogP contribution >= 0.6 is 23.1 Å². The molecule has 3 N–H and O–H groups in total. The molecule has 1 aromatic rings. The molecule has 1 saturated heterocycles. The highest BCUT2D eigenvalue weighted by Crippen LogP contribution is 2.41. The maximum absolute atomic E-state index is 13.0. The number of fused-ring (bicyclic) bond motifs is 1. The summed E-state index contributed by atoms with van der Waals surface area (Å²) in [6.07, 6.45) is 4.33. The predicted octanol–water partition coefficient (Wildman–Crippen LogP) is 0.760. The lowest BCUT2D eigenvalue weighted by Gasteiger charge is -2.49. The second-order valence-electron chi connectivity index (χ2n) is 6.92. The standard InChI is InChI=1S/C20H23N5O7S2/c1-4-5-6-11-7-33-18-14(17(28)25(18)15(11)19(29)32-9-31-10(2)26)23-16(27)13(24-30-3)12-8-34-20(21)22-12/h5-6,8,14,18H,4,7,9H2,1-3H3,(H2,21,22)(H,23,27)/b6-5-,24-13-/t14?,18-/m0/s1. The van der Waals surface area contributed by atoms with Crippen molar-refractivity contribution in [2.75, 3.05) is 25.4 Å². The number of carbonyl (C=O) groups excluding carboxylic acids is 4. The number of esters is 2. The molecule has 0 bridgehead atoms. The Bertz CT molecular complexity index is 1080. The number of anilines is 1. The third-order valence-corrected chi connectivity index (χ3v) is 6.62. The summed E-state index contributed by atoms with van der Waals surface area (Å²) in [6.45, 7) is 2.54. The maximum Gasteiger partial charge on any atom is 0.358 e. The molecule has 0 aliphatic carbocycles. The Morgan fingerprint density at radius 2 is 2.15 bits per heavy atom. The summed E-state index contributed by atoms with van der Waals surface area (Å²) >= 11 is 2.51. The monoisotopic (exact) mass is 509 g/mol. The van der Waals surface area contributed by atoms with E-state index in [1.807, 2.05) is 13.0 Å². The Hall–Kier alpha value is -3.39. The van der Waals surface area contributed by atoms with Gasteiger partial charge in [-0.1, -0.05) is 24.2 Å². The number of aromatic nitrogens is 1. The van der Waals surface area contributed by atoms with Gasteiger partial charge in [0.05, 0.1) is 0 Å². The molecule has 2 aliphatic rings. The van der Waals surface area contributed by atoms with Gasteiger partial charge in [0, 0.05) is 18.1 Å². The Balaban J connectivity index is 1.79. The molecule has 2 atom stereocenters. The van der Waals surface area contributed by atoms with Crippen LogP contribution in [0, 0.1) is 0 Å². The average Bonchev–Trinajstić information content (AvgIpc) is 3.24. The number of nitrogen functional groups attached to an aromatic ring is 1. The van der Waals surface area contributed by atoms with Crippen molar-refractivity contribution in [3.63, 3.8) is 0 Å². The molecule has 0 spiro atoms. The van der Waals surface area contributed by atoms with Crippen LogP contribution < -0.4 is 11.1 Å². The number of nitrogens with one attached hydrogen (secondary N) is 1. The number of amides is 2. The van der Waals surface area contributed by atoms with Gasteiger partial charge in [-0.25, -0.2) is 9.78 Å². The van der Waals surface area contributed by atoms with Crippen molar-refractivity contribution in [1.29, 1.82) is 0 Å². The van der Waals surface area contributed by atoms with Gasteiger partial charge in [-0.2, -0.15) is 0 Å². The molecule has 34 heavy (non-hydrogen) atoms. The van der Waals surface area contributed by atoms with Crippen LogP contribution in [0.1, 0.15) is 26.0 Å². The molecular weight excluding hydrogens is 486 g/mol. The zero-order valence-corrected chi connectivity index (χ0v) is 20.2. The first kappa shape index (κ1) is 25.2. The highest BCUT2D eigenvalue weighted by atomic mass is 32.2. The molecule has 0 radical (unpaired) electrons. The van der Waals surface area contributed by atoms with Crippen molar-refractivity contribution >= 4 is 57.7 Å². The van der Waals surface area contributed by atoms with Crippen molar-refractivity contribution in [1.82, 2.24) is 15.2 Å². The van der Waals surface area contributed by atoms with Crippen molar-refractivity contribution in [3.8, 4) is 0 Å². The van der Waals surface area contributed by atoms with E-state index in [0.717, 1.165) is 17.8 Å². The van der Waals surface area contributed by atoms with Crippen LogP contribution in [0.2, 0.25) is 0 Å². The number of thiazole rings is 1. The summed E-state index contributed by atoms with van der Waals surface area (Å²) in [6, 6.07) is -0.913. The van der Waals surface area contributed by atoms with Gasteiger partial charge >= 0.3 is 11.9 Å². The summed E-state index contributed by atoms with van der Waals surface area (Å²) < 4.78 is 9.70. The lowest BCUT2D eigenvalue weighted by molar-refractivity contribution is -0.166. The Morgan fingerprint density at radius 1 is 1.38 bits per heavy atom. The molecule has 1 aromatic heterocycles. The van der Waals surface area contributed by atoms with E-state index in [9.17, 15) is 19.2 Å². The fourth-order valence-electron chi connectivity index (χ4n) is 3.16. The minimum atomic E-state index is -0.913. The van der Waals surface area contributed by atoms with Crippen LogP contribution in [0.3, 0.4) is 0 Å². The highest BCUT2D eigenvalue weighted by molar-refractivity contribution is 8.00. The van der Waals surface area contributed by atoms with Crippen LogP contribution in [-0.2, 0) is 33.5 Å².